The van der Waals surface area contributed by atoms with Crippen LogP contribution in [0.15, 0.2) is 231 Å². The van der Waals surface area contributed by atoms with Gasteiger partial charge in [-0.25, -0.2) is 15.0 Å². The van der Waals surface area contributed by atoms with Gasteiger partial charge in [0.05, 0.1) is 33.6 Å². The lowest BCUT2D eigenvalue weighted by Crippen LogP contribution is -1.97. The highest BCUT2D eigenvalue weighted by Crippen LogP contribution is 2.44. The lowest BCUT2D eigenvalue weighted by atomic mass is 9.97. The molecule has 0 saturated carbocycles. The summed E-state index contributed by atoms with van der Waals surface area (Å²) in [7, 11) is 0. The van der Waals surface area contributed by atoms with Crippen molar-refractivity contribution in [1.82, 2.24) is 19.5 Å². The summed E-state index contributed by atoms with van der Waals surface area (Å²) < 4.78 is 2.48. The summed E-state index contributed by atoms with van der Waals surface area (Å²) in [6.07, 6.45) is 0. The largest absolute Gasteiger partial charge is 0.308 e. The van der Waals surface area contributed by atoms with Crippen LogP contribution in [-0.4, -0.2) is 19.5 Å². The van der Waals surface area contributed by atoms with Crippen LogP contribution in [0.5, 0.6) is 0 Å². The fourth-order valence-electron chi connectivity index (χ4n) is 9.22. The maximum Gasteiger partial charge on any atom is 0.160 e. The Kier molecular flexibility index (Phi) is 8.79. The standard InChI is InChI=1S/C59H38N4/c1-5-16-39(17-6-1)40-28-32-42(33-29-40)53-38-54(62-59(61-53)45-20-9-3-10-21-45)43-34-30-41(31-35-43)47-25-15-26-48-49-36-37-51-55(58(49)63(57(47)48)46-22-11-4-12-23-46)50-24-13-14-27-52(50)60-56(51)44-18-7-2-8-19-44/h1-38H. The van der Waals surface area contributed by atoms with E-state index in [0.717, 1.165) is 78.0 Å². The van der Waals surface area contributed by atoms with Crippen molar-refractivity contribution < 1.29 is 0 Å². The molecule has 0 aliphatic carbocycles. The molecule has 63 heavy (non-hydrogen) atoms. The first-order chi connectivity index (χ1) is 31.2. The van der Waals surface area contributed by atoms with E-state index in [0.29, 0.717) is 5.82 Å². The Morgan fingerprint density at radius 2 is 0.794 bits per heavy atom. The van der Waals surface area contributed by atoms with Gasteiger partial charge in [-0.1, -0.05) is 206 Å². The Hall–Kier alpha value is -8.47. The minimum Gasteiger partial charge on any atom is -0.308 e. The molecule has 0 saturated heterocycles. The molecule has 0 fully saturated rings. The molecule has 0 aliphatic heterocycles. The SMILES string of the molecule is c1ccc(-c2ccc(-c3cc(-c4ccc(-c5cccc6c7ccc8c(-c9ccccc9)nc9ccccc9c8c7n(-c7ccccc7)c56)cc4)nc(-c4ccccc4)n3)cc2)cc1. The van der Waals surface area contributed by atoms with Crippen molar-refractivity contribution in [1.29, 1.82) is 0 Å². The second-order valence-electron chi connectivity index (χ2n) is 15.9. The van der Waals surface area contributed by atoms with Crippen molar-refractivity contribution in [3.8, 4) is 73.1 Å². The molecule has 0 atom stereocenters. The smallest absolute Gasteiger partial charge is 0.160 e. The third kappa shape index (κ3) is 6.36. The van der Waals surface area contributed by atoms with Crippen LogP contribution in [-0.2, 0) is 0 Å². The molecule has 3 aromatic heterocycles. The molecule has 4 heteroatoms. The number of rotatable bonds is 7. The van der Waals surface area contributed by atoms with Gasteiger partial charge in [0.2, 0.25) is 0 Å². The summed E-state index contributed by atoms with van der Waals surface area (Å²) in [5.41, 5.74) is 15.9. The molecule has 0 bridgehead atoms. The summed E-state index contributed by atoms with van der Waals surface area (Å²) in [4.78, 5) is 15.5. The molecule has 12 aromatic rings. The second-order valence-corrected chi connectivity index (χ2v) is 15.9. The lowest BCUT2D eigenvalue weighted by Gasteiger charge is -2.15. The van der Waals surface area contributed by atoms with Crippen LogP contribution in [0.25, 0.3) is 117 Å². The van der Waals surface area contributed by atoms with E-state index in [1.54, 1.807) is 0 Å². The number of hydrogen-bond acceptors (Lipinski definition) is 3. The minimum absolute atomic E-state index is 0.696. The van der Waals surface area contributed by atoms with Gasteiger partial charge in [0, 0.05) is 60.4 Å². The Morgan fingerprint density at radius 1 is 0.302 bits per heavy atom. The van der Waals surface area contributed by atoms with Crippen molar-refractivity contribution in [3.63, 3.8) is 0 Å². The molecule has 0 radical (unpaired) electrons. The van der Waals surface area contributed by atoms with Crippen LogP contribution in [0.4, 0.5) is 0 Å². The van der Waals surface area contributed by atoms with Crippen LogP contribution in [0.2, 0.25) is 0 Å². The van der Waals surface area contributed by atoms with Gasteiger partial charge < -0.3 is 4.57 Å². The second kappa shape index (κ2) is 15.2. The monoisotopic (exact) mass is 802 g/mol. The molecule has 9 aromatic carbocycles. The Morgan fingerprint density at radius 3 is 1.46 bits per heavy atom. The molecule has 0 unspecified atom stereocenters. The van der Waals surface area contributed by atoms with Gasteiger partial charge in [-0.15, -0.1) is 0 Å². The third-order valence-electron chi connectivity index (χ3n) is 12.2. The molecule has 0 aliphatic rings. The van der Waals surface area contributed by atoms with Gasteiger partial charge >= 0.3 is 0 Å². The van der Waals surface area contributed by atoms with Crippen LogP contribution in [0, 0.1) is 0 Å². The van der Waals surface area contributed by atoms with Gasteiger partial charge in [0.25, 0.3) is 0 Å². The Balaban J connectivity index is 1.04. The summed E-state index contributed by atoms with van der Waals surface area (Å²) in [6, 6.07) is 81.5. The average Bonchev–Trinajstić information content (AvgIpc) is 3.72. The molecule has 12 rings (SSSR count). The molecular weight excluding hydrogens is 765 g/mol. The van der Waals surface area contributed by atoms with Crippen molar-refractivity contribution in [3.05, 3.63) is 231 Å². The summed E-state index contributed by atoms with van der Waals surface area (Å²) >= 11 is 0. The molecule has 0 spiro atoms. The fraction of sp³-hybridized carbons (Fsp3) is 0. The Bertz CT molecular complexity index is 3620. The molecule has 0 N–H and O–H groups in total. The maximum atomic E-state index is 5.28. The minimum atomic E-state index is 0.696. The van der Waals surface area contributed by atoms with E-state index in [-0.39, 0.29) is 0 Å². The topological polar surface area (TPSA) is 43.6 Å². The van der Waals surface area contributed by atoms with Crippen molar-refractivity contribution in [2.45, 2.75) is 0 Å². The first-order valence-corrected chi connectivity index (χ1v) is 21.4. The molecule has 3 heterocycles. The molecule has 4 nitrogen and oxygen atoms in total. The number of para-hydroxylation sites is 3. The average molecular weight is 803 g/mol. The predicted octanol–water partition coefficient (Wildman–Crippen LogP) is 15.3. The highest BCUT2D eigenvalue weighted by atomic mass is 15.0. The maximum absolute atomic E-state index is 5.28. The zero-order valence-corrected chi connectivity index (χ0v) is 34.2. The predicted molar refractivity (Wildman–Crippen MR) is 262 cm³/mol. The van der Waals surface area contributed by atoms with E-state index >= 15 is 0 Å². The number of pyridine rings is 1. The normalized spacial score (nSPS) is 11.5. The van der Waals surface area contributed by atoms with Gasteiger partial charge in [-0.3, -0.25) is 0 Å². The highest BCUT2D eigenvalue weighted by molar-refractivity contribution is 6.28. The van der Waals surface area contributed by atoms with Crippen molar-refractivity contribution >= 4 is 43.5 Å². The third-order valence-corrected chi connectivity index (χ3v) is 12.2. The van der Waals surface area contributed by atoms with Crippen LogP contribution >= 0.6 is 0 Å². The summed E-state index contributed by atoms with van der Waals surface area (Å²) in [5.74, 6) is 0.696. The van der Waals surface area contributed by atoms with E-state index < -0.39 is 0 Å². The molecule has 0 amide bonds. The number of aromatic nitrogens is 4. The first-order valence-electron chi connectivity index (χ1n) is 21.4. The number of nitrogens with zero attached hydrogens (tertiary/aromatic N) is 4. The zero-order chi connectivity index (χ0) is 41.7. The highest BCUT2D eigenvalue weighted by Gasteiger charge is 2.22. The summed E-state index contributed by atoms with van der Waals surface area (Å²) in [5, 5.41) is 5.86. The lowest BCUT2D eigenvalue weighted by molar-refractivity contribution is 1.18. The van der Waals surface area contributed by atoms with Crippen LogP contribution in [0.1, 0.15) is 0 Å². The molecular formula is C59H38N4. The van der Waals surface area contributed by atoms with Crippen molar-refractivity contribution in [2.24, 2.45) is 0 Å². The number of hydrogen-bond donors (Lipinski definition) is 0. The van der Waals surface area contributed by atoms with Crippen LogP contribution in [0.3, 0.4) is 0 Å². The number of fused-ring (bicyclic) bond motifs is 7. The Labute approximate surface area is 365 Å². The van der Waals surface area contributed by atoms with Gasteiger partial charge in [0.15, 0.2) is 5.82 Å². The fourth-order valence-corrected chi connectivity index (χ4v) is 9.22. The van der Waals surface area contributed by atoms with E-state index in [1.165, 1.54) is 32.8 Å². The van der Waals surface area contributed by atoms with Gasteiger partial charge in [0.1, 0.15) is 0 Å². The van der Waals surface area contributed by atoms with Crippen LogP contribution < -0.4 is 0 Å². The van der Waals surface area contributed by atoms with E-state index in [2.05, 4.69) is 211 Å². The quantitative estimate of drug-likeness (QED) is 0.151. The van der Waals surface area contributed by atoms with E-state index in [4.69, 9.17) is 15.0 Å². The van der Waals surface area contributed by atoms with Gasteiger partial charge in [-0.05, 0) is 41.0 Å². The summed E-state index contributed by atoms with van der Waals surface area (Å²) in [6.45, 7) is 0. The van der Waals surface area contributed by atoms with Gasteiger partial charge in [-0.2, -0.15) is 0 Å². The first kappa shape index (κ1) is 36.4. The number of benzene rings is 9. The zero-order valence-electron chi connectivity index (χ0n) is 34.2. The van der Waals surface area contributed by atoms with Crippen molar-refractivity contribution in [2.75, 3.05) is 0 Å². The van der Waals surface area contributed by atoms with E-state index in [9.17, 15) is 0 Å². The van der Waals surface area contributed by atoms with E-state index in [1.807, 2.05) is 24.3 Å². The molecule has 294 valence electrons.